The first-order valence-electron chi connectivity index (χ1n) is 11.0. The highest BCUT2D eigenvalue weighted by Gasteiger charge is 2.43. The number of benzene rings is 1. The van der Waals surface area contributed by atoms with E-state index in [4.69, 9.17) is 10.5 Å². The zero-order chi connectivity index (χ0) is 24.2. The molecular formula is C24H24F2N4O4. The summed E-state index contributed by atoms with van der Waals surface area (Å²) in [4.78, 5) is 30.4. The highest BCUT2D eigenvalue weighted by Crippen LogP contribution is 2.47. The van der Waals surface area contributed by atoms with Gasteiger partial charge in [-0.3, -0.25) is 9.78 Å². The third-order valence-electron chi connectivity index (χ3n) is 7.02. The van der Waals surface area contributed by atoms with Crippen molar-refractivity contribution in [2.24, 2.45) is 5.73 Å². The quantitative estimate of drug-likeness (QED) is 0.570. The van der Waals surface area contributed by atoms with E-state index in [0.717, 1.165) is 17.8 Å². The van der Waals surface area contributed by atoms with Crippen LogP contribution >= 0.6 is 0 Å². The lowest BCUT2D eigenvalue weighted by molar-refractivity contribution is 0.0694. The molecule has 3 heterocycles. The van der Waals surface area contributed by atoms with Crippen LogP contribution in [0.3, 0.4) is 0 Å². The second-order valence-electron chi connectivity index (χ2n) is 8.93. The lowest BCUT2D eigenvalue weighted by Gasteiger charge is -2.30. The number of nitrogens with two attached hydrogens (primary N) is 1. The fourth-order valence-electron chi connectivity index (χ4n) is 5.07. The SMILES string of the molecule is COc1c(N2CCC(CN)(c3ccncc3)C2)c(F)cc2c(=O)c(C(=O)O)cn(C3CC3F)c12. The first-order chi connectivity index (χ1) is 16.3. The predicted molar refractivity (Wildman–Crippen MR) is 122 cm³/mol. The first-order valence-corrected chi connectivity index (χ1v) is 11.0. The molecule has 1 aromatic carbocycles. The Hall–Kier alpha value is -3.53. The van der Waals surface area contributed by atoms with Gasteiger partial charge in [-0.2, -0.15) is 0 Å². The molecule has 1 aliphatic carbocycles. The van der Waals surface area contributed by atoms with Gasteiger partial charge in [-0.1, -0.05) is 0 Å². The predicted octanol–water partition coefficient (Wildman–Crippen LogP) is 2.63. The van der Waals surface area contributed by atoms with Crippen LogP contribution in [0.5, 0.6) is 5.75 Å². The third kappa shape index (κ3) is 3.32. The summed E-state index contributed by atoms with van der Waals surface area (Å²) in [5, 5.41) is 9.32. The lowest BCUT2D eigenvalue weighted by atomic mass is 9.80. The van der Waals surface area contributed by atoms with Crippen LogP contribution < -0.4 is 20.8 Å². The number of aromatic nitrogens is 2. The van der Waals surface area contributed by atoms with E-state index >= 15 is 4.39 Å². The van der Waals surface area contributed by atoms with E-state index in [1.54, 1.807) is 12.4 Å². The van der Waals surface area contributed by atoms with Crippen molar-refractivity contribution in [3.8, 4) is 5.75 Å². The van der Waals surface area contributed by atoms with E-state index in [9.17, 15) is 19.1 Å². The second kappa shape index (κ2) is 8.05. The summed E-state index contributed by atoms with van der Waals surface area (Å²) in [6.07, 6.45) is 4.16. The zero-order valence-corrected chi connectivity index (χ0v) is 18.5. The maximum atomic E-state index is 15.6. The molecule has 8 nitrogen and oxygen atoms in total. The molecule has 3 N–H and O–H groups in total. The number of pyridine rings is 2. The highest BCUT2D eigenvalue weighted by atomic mass is 19.1. The monoisotopic (exact) mass is 470 g/mol. The summed E-state index contributed by atoms with van der Waals surface area (Å²) in [5.74, 6) is -2.10. The molecule has 0 bridgehead atoms. The second-order valence-corrected chi connectivity index (χ2v) is 8.93. The van der Waals surface area contributed by atoms with Crippen molar-refractivity contribution in [1.82, 2.24) is 9.55 Å². The van der Waals surface area contributed by atoms with Crippen LogP contribution in [0.4, 0.5) is 14.5 Å². The first kappa shape index (κ1) is 22.3. The Morgan fingerprint density at radius 3 is 2.68 bits per heavy atom. The smallest absolute Gasteiger partial charge is 0.341 e. The van der Waals surface area contributed by atoms with E-state index in [2.05, 4.69) is 4.98 Å². The fraction of sp³-hybridized carbons (Fsp3) is 0.375. The molecule has 1 saturated carbocycles. The number of halogens is 2. The average molecular weight is 470 g/mol. The van der Waals surface area contributed by atoms with E-state index in [-0.39, 0.29) is 28.8 Å². The minimum atomic E-state index is -1.45. The van der Waals surface area contributed by atoms with E-state index in [1.807, 2.05) is 17.0 Å². The van der Waals surface area contributed by atoms with Gasteiger partial charge >= 0.3 is 5.97 Å². The number of alkyl halides is 1. The number of rotatable bonds is 6. The van der Waals surface area contributed by atoms with E-state index in [0.29, 0.717) is 26.1 Å². The molecule has 0 spiro atoms. The lowest BCUT2D eigenvalue weighted by Crippen LogP contribution is -2.38. The molecule has 1 aliphatic heterocycles. The number of hydrogen-bond donors (Lipinski definition) is 2. The molecule has 2 aromatic heterocycles. The van der Waals surface area contributed by atoms with Crippen molar-refractivity contribution >= 4 is 22.6 Å². The van der Waals surface area contributed by atoms with Crippen molar-refractivity contribution in [2.75, 3.05) is 31.6 Å². The van der Waals surface area contributed by atoms with Gasteiger partial charge in [0.25, 0.3) is 0 Å². The summed E-state index contributed by atoms with van der Waals surface area (Å²) >= 11 is 0. The number of aromatic carboxylic acids is 1. The largest absolute Gasteiger partial charge is 0.492 e. The molecule has 0 radical (unpaired) electrons. The topological polar surface area (TPSA) is 111 Å². The number of fused-ring (bicyclic) bond motifs is 1. The molecule has 3 unspecified atom stereocenters. The summed E-state index contributed by atoms with van der Waals surface area (Å²) in [7, 11) is 1.35. The Balaban J connectivity index is 1.70. The van der Waals surface area contributed by atoms with Crippen LogP contribution in [0.15, 0.2) is 41.6 Å². The Kier molecular flexibility index (Phi) is 5.27. The van der Waals surface area contributed by atoms with Gasteiger partial charge in [0.15, 0.2) is 11.6 Å². The van der Waals surface area contributed by atoms with Gasteiger partial charge in [-0.05, 0) is 30.2 Å². The van der Waals surface area contributed by atoms with Crippen molar-refractivity contribution in [1.29, 1.82) is 0 Å². The molecule has 178 valence electrons. The fourth-order valence-corrected chi connectivity index (χ4v) is 5.07. The molecule has 34 heavy (non-hydrogen) atoms. The molecule has 2 aliphatic rings. The third-order valence-corrected chi connectivity index (χ3v) is 7.02. The van der Waals surface area contributed by atoms with Gasteiger partial charge in [0.2, 0.25) is 5.43 Å². The van der Waals surface area contributed by atoms with Crippen LogP contribution in [0.1, 0.15) is 34.8 Å². The average Bonchev–Trinajstić information content (AvgIpc) is 3.40. The van der Waals surface area contributed by atoms with Gasteiger partial charge in [-0.15, -0.1) is 0 Å². The Bertz CT molecular complexity index is 1350. The van der Waals surface area contributed by atoms with Crippen molar-refractivity contribution in [2.45, 2.75) is 30.5 Å². The molecule has 3 aromatic rings. The highest BCUT2D eigenvalue weighted by molar-refractivity contribution is 5.97. The van der Waals surface area contributed by atoms with Crippen molar-refractivity contribution < 1.29 is 23.4 Å². The number of carboxylic acid groups (broad SMARTS) is 1. The number of ether oxygens (including phenoxy) is 1. The number of hydrogen-bond acceptors (Lipinski definition) is 6. The number of carbonyl (C=O) groups is 1. The molecular weight excluding hydrogens is 446 g/mol. The van der Waals surface area contributed by atoms with Crippen LogP contribution in [-0.2, 0) is 5.41 Å². The Morgan fingerprint density at radius 1 is 1.38 bits per heavy atom. The van der Waals surface area contributed by atoms with Crippen LogP contribution in [0, 0.1) is 5.82 Å². The van der Waals surface area contributed by atoms with E-state index in [1.165, 1.54) is 11.7 Å². The Morgan fingerprint density at radius 2 is 2.09 bits per heavy atom. The zero-order valence-electron chi connectivity index (χ0n) is 18.5. The van der Waals surface area contributed by atoms with Gasteiger partial charge in [-0.25, -0.2) is 13.6 Å². The minimum Gasteiger partial charge on any atom is -0.492 e. The van der Waals surface area contributed by atoms with Crippen molar-refractivity contribution in [3.05, 3.63) is 64.0 Å². The molecule has 2 fully saturated rings. The van der Waals surface area contributed by atoms with Gasteiger partial charge in [0.1, 0.15) is 17.4 Å². The maximum absolute atomic E-state index is 15.6. The standard InChI is InChI=1S/C24H24F2N4O4/c1-34-22-19-14(21(31)15(23(32)33)10-30(19)18-9-16(18)25)8-17(26)20(22)29-7-4-24(11-27,12-29)13-2-5-28-6-3-13/h2-3,5-6,8,10,16,18H,4,7,9,11-12,27H2,1H3,(H,32,33). The molecule has 1 saturated heterocycles. The number of nitrogens with zero attached hydrogens (tertiary/aromatic N) is 3. The van der Waals surface area contributed by atoms with E-state index < -0.39 is 40.4 Å². The summed E-state index contributed by atoms with van der Waals surface area (Å²) in [5.41, 5.74) is 5.70. The minimum absolute atomic E-state index is 0.0747. The number of anilines is 1. The summed E-state index contributed by atoms with van der Waals surface area (Å²) in [6.45, 7) is 1.22. The van der Waals surface area contributed by atoms with Gasteiger partial charge < -0.3 is 25.0 Å². The molecule has 10 heteroatoms. The van der Waals surface area contributed by atoms with Gasteiger partial charge in [0.05, 0.1) is 24.1 Å². The van der Waals surface area contributed by atoms with Gasteiger partial charge in [0, 0.05) is 50.1 Å². The summed E-state index contributed by atoms with van der Waals surface area (Å²) in [6, 6.07) is 4.17. The molecule has 0 amide bonds. The Labute approximate surface area is 193 Å². The van der Waals surface area contributed by atoms with Crippen LogP contribution in [0.25, 0.3) is 10.9 Å². The van der Waals surface area contributed by atoms with Crippen molar-refractivity contribution in [3.63, 3.8) is 0 Å². The molecule has 5 rings (SSSR count). The maximum Gasteiger partial charge on any atom is 0.341 e. The van der Waals surface area contributed by atoms with Crippen LogP contribution in [-0.4, -0.2) is 53.5 Å². The summed E-state index contributed by atoms with van der Waals surface area (Å²) < 4.78 is 36.7. The normalized spacial score (nSPS) is 23.9. The number of methoxy groups -OCH3 is 1. The molecule has 3 atom stereocenters. The van der Waals surface area contributed by atoms with Crippen LogP contribution in [0.2, 0.25) is 0 Å². The number of carboxylic acids is 1.